The molecule has 130 valence electrons. The number of nitrogens with one attached hydrogen (secondary N) is 2. The first-order chi connectivity index (χ1) is 11.8. The van der Waals surface area contributed by atoms with Crippen molar-refractivity contribution >= 4 is 11.8 Å². The fraction of sp³-hybridized carbons (Fsp3) is 0.667. The van der Waals surface area contributed by atoms with E-state index < -0.39 is 0 Å². The zero-order chi connectivity index (χ0) is 16.4. The van der Waals surface area contributed by atoms with Gasteiger partial charge in [0.1, 0.15) is 5.82 Å². The van der Waals surface area contributed by atoms with Gasteiger partial charge in [-0.1, -0.05) is 6.07 Å². The van der Waals surface area contributed by atoms with Crippen LogP contribution >= 0.6 is 0 Å². The number of fused-ring (bicyclic) bond motifs is 2. The molecule has 0 amide bonds. The van der Waals surface area contributed by atoms with Crippen molar-refractivity contribution in [1.82, 2.24) is 15.6 Å². The van der Waals surface area contributed by atoms with Crippen LogP contribution in [0.3, 0.4) is 0 Å². The minimum Gasteiger partial charge on any atom is -0.373 e. The number of pyridine rings is 1. The second-order valence-corrected chi connectivity index (χ2v) is 7.00. The van der Waals surface area contributed by atoms with E-state index in [-0.39, 0.29) is 0 Å². The molecule has 3 fully saturated rings. The SMILES string of the molecule is CN=C(NCc1ccc(N2CCCC2)nc1)NC1CC2CCC1O2. The molecule has 0 saturated carbocycles. The molecule has 6 heteroatoms. The summed E-state index contributed by atoms with van der Waals surface area (Å²) in [6.07, 6.45) is 8.80. The van der Waals surface area contributed by atoms with Gasteiger partial charge in [0.15, 0.2) is 5.96 Å². The van der Waals surface area contributed by atoms with Crippen LogP contribution < -0.4 is 15.5 Å². The molecule has 2 bridgehead atoms. The summed E-state index contributed by atoms with van der Waals surface area (Å²) in [7, 11) is 1.82. The van der Waals surface area contributed by atoms with Crippen LogP contribution in [0.2, 0.25) is 0 Å². The zero-order valence-corrected chi connectivity index (χ0v) is 14.4. The zero-order valence-electron chi connectivity index (χ0n) is 14.4. The van der Waals surface area contributed by atoms with Gasteiger partial charge in [-0.3, -0.25) is 4.99 Å². The fourth-order valence-corrected chi connectivity index (χ4v) is 4.00. The highest BCUT2D eigenvalue weighted by atomic mass is 16.5. The van der Waals surface area contributed by atoms with Crippen molar-refractivity contribution in [2.75, 3.05) is 25.0 Å². The molecule has 0 aliphatic carbocycles. The summed E-state index contributed by atoms with van der Waals surface area (Å²) < 4.78 is 5.89. The van der Waals surface area contributed by atoms with E-state index >= 15 is 0 Å². The van der Waals surface area contributed by atoms with Crippen LogP contribution in [0, 0.1) is 0 Å². The second-order valence-electron chi connectivity index (χ2n) is 7.00. The van der Waals surface area contributed by atoms with Crippen LogP contribution in [-0.2, 0) is 11.3 Å². The van der Waals surface area contributed by atoms with E-state index in [0.717, 1.165) is 37.8 Å². The third-order valence-corrected chi connectivity index (χ3v) is 5.35. The average molecular weight is 329 g/mol. The van der Waals surface area contributed by atoms with Gasteiger partial charge in [-0.2, -0.15) is 0 Å². The molecule has 4 heterocycles. The van der Waals surface area contributed by atoms with Crippen LogP contribution in [0.25, 0.3) is 0 Å². The number of nitrogens with zero attached hydrogens (tertiary/aromatic N) is 3. The molecule has 3 unspecified atom stereocenters. The predicted octanol–water partition coefficient (Wildman–Crippen LogP) is 1.67. The minimum atomic E-state index is 0.356. The largest absolute Gasteiger partial charge is 0.373 e. The van der Waals surface area contributed by atoms with Gasteiger partial charge in [-0.15, -0.1) is 0 Å². The molecule has 4 rings (SSSR count). The molecule has 0 radical (unpaired) electrons. The first kappa shape index (κ1) is 15.7. The molecule has 0 aromatic carbocycles. The molecular weight excluding hydrogens is 302 g/mol. The topological polar surface area (TPSA) is 61.8 Å². The summed E-state index contributed by atoms with van der Waals surface area (Å²) in [6.45, 7) is 2.99. The normalized spacial score (nSPS) is 29.3. The lowest BCUT2D eigenvalue weighted by Gasteiger charge is -2.22. The van der Waals surface area contributed by atoms with Gasteiger partial charge in [0.25, 0.3) is 0 Å². The summed E-state index contributed by atoms with van der Waals surface area (Å²) in [5, 5.41) is 6.90. The molecule has 3 saturated heterocycles. The maximum absolute atomic E-state index is 5.89. The molecule has 2 N–H and O–H groups in total. The number of aromatic nitrogens is 1. The van der Waals surface area contributed by atoms with E-state index in [9.17, 15) is 0 Å². The van der Waals surface area contributed by atoms with Crippen molar-refractivity contribution in [2.45, 2.75) is 56.9 Å². The van der Waals surface area contributed by atoms with Gasteiger partial charge in [0, 0.05) is 32.9 Å². The Hall–Kier alpha value is -1.82. The smallest absolute Gasteiger partial charge is 0.191 e. The number of anilines is 1. The molecule has 3 aliphatic rings. The number of hydrogen-bond acceptors (Lipinski definition) is 4. The maximum atomic E-state index is 5.89. The lowest BCUT2D eigenvalue weighted by atomic mass is 9.96. The van der Waals surface area contributed by atoms with Gasteiger partial charge in [0.2, 0.25) is 0 Å². The lowest BCUT2D eigenvalue weighted by molar-refractivity contribution is 0.0992. The fourth-order valence-electron chi connectivity index (χ4n) is 4.00. The molecular formula is C18H27N5O. The quantitative estimate of drug-likeness (QED) is 0.650. The van der Waals surface area contributed by atoms with E-state index in [2.05, 4.69) is 37.6 Å². The van der Waals surface area contributed by atoms with Crippen molar-refractivity contribution in [2.24, 2.45) is 4.99 Å². The highest BCUT2D eigenvalue weighted by molar-refractivity contribution is 5.80. The first-order valence-corrected chi connectivity index (χ1v) is 9.14. The number of ether oxygens (including phenoxy) is 1. The van der Waals surface area contributed by atoms with Crippen LogP contribution in [0.4, 0.5) is 5.82 Å². The summed E-state index contributed by atoms with van der Waals surface area (Å²) in [5.74, 6) is 1.94. The number of guanidine groups is 1. The Bertz CT molecular complexity index is 582. The van der Waals surface area contributed by atoms with Gasteiger partial charge in [-0.05, 0) is 43.7 Å². The van der Waals surface area contributed by atoms with Crippen molar-refractivity contribution in [3.8, 4) is 0 Å². The molecule has 1 aromatic rings. The van der Waals surface area contributed by atoms with E-state index in [1.807, 2.05) is 13.2 Å². The summed E-state index contributed by atoms with van der Waals surface area (Å²) >= 11 is 0. The monoisotopic (exact) mass is 329 g/mol. The van der Waals surface area contributed by atoms with E-state index in [4.69, 9.17) is 4.74 Å². The lowest BCUT2D eigenvalue weighted by Crippen LogP contribution is -2.47. The molecule has 24 heavy (non-hydrogen) atoms. The van der Waals surface area contributed by atoms with Crippen molar-refractivity contribution < 1.29 is 4.74 Å². The Morgan fingerprint density at radius 2 is 2.21 bits per heavy atom. The maximum Gasteiger partial charge on any atom is 0.191 e. The predicted molar refractivity (Wildman–Crippen MR) is 95.3 cm³/mol. The summed E-state index contributed by atoms with van der Waals surface area (Å²) in [4.78, 5) is 11.3. The van der Waals surface area contributed by atoms with Crippen LogP contribution in [0.1, 0.15) is 37.7 Å². The van der Waals surface area contributed by atoms with Gasteiger partial charge in [0.05, 0.1) is 18.2 Å². The highest BCUT2D eigenvalue weighted by Crippen LogP contribution is 2.34. The third-order valence-electron chi connectivity index (χ3n) is 5.35. The van der Waals surface area contributed by atoms with Crippen molar-refractivity contribution in [3.63, 3.8) is 0 Å². The number of aliphatic imine (C=N–C) groups is 1. The first-order valence-electron chi connectivity index (χ1n) is 9.14. The Morgan fingerprint density at radius 3 is 2.83 bits per heavy atom. The standard InChI is InChI=1S/C18H27N5O/c1-19-18(22-15-10-14-5-6-16(15)24-14)21-12-13-4-7-17(20-11-13)23-8-2-3-9-23/h4,7,11,14-16H,2-3,5-6,8-10,12H2,1H3,(H2,19,21,22). The van der Waals surface area contributed by atoms with Gasteiger partial charge in [-0.25, -0.2) is 4.98 Å². The van der Waals surface area contributed by atoms with E-state index in [1.165, 1.54) is 31.2 Å². The van der Waals surface area contributed by atoms with E-state index in [0.29, 0.717) is 18.2 Å². The molecule has 1 aromatic heterocycles. The number of hydrogen-bond donors (Lipinski definition) is 2. The van der Waals surface area contributed by atoms with Crippen LogP contribution in [-0.4, -0.2) is 49.3 Å². The average Bonchev–Trinajstić information content (AvgIpc) is 3.36. The van der Waals surface area contributed by atoms with Gasteiger partial charge >= 0.3 is 0 Å². The Kier molecular flexibility index (Phi) is 4.56. The minimum absolute atomic E-state index is 0.356. The summed E-state index contributed by atoms with van der Waals surface area (Å²) in [6, 6.07) is 4.68. The highest BCUT2D eigenvalue weighted by Gasteiger charge is 2.41. The van der Waals surface area contributed by atoms with Gasteiger partial charge < -0.3 is 20.3 Å². The molecule has 3 atom stereocenters. The van der Waals surface area contributed by atoms with Crippen molar-refractivity contribution in [1.29, 1.82) is 0 Å². The third kappa shape index (κ3) is 3.34. The molecule has 6 nitrogen and oxygen atoms in total. The Morgan fingerprint density at radius 1 is 1.33 bits per heavy atom. The second kappa shape index (κ2) is 6.97. The Labute approximate surface area is 143 Å². The Balaban J connectivity index is 1.28. The molecule has 3 aliphatic heterocycles. The van der Waals surface area contributed by atoms with Crippen LogP contribution in [0.5, 0.6) is 0 Å². The number of rotatable bonds is 4. The van der Waals surface area contributed by atoms with E-state index in [1.54, 1.807) is 0 Å². The molecule has 0 spiro atoms. The van der Waals surface area contributed by atoms with Crippen molar-refractivity contribution in [3.05, 3.63) is 23.9 Å². The van der Waals surface area contributed by atoms with Crippen LogP contribution in [0.15, 0.2) is 23.3 Å². The summed E-state index contributed by atoms with van der Waals surface area (Å²) in [5.41, 5.74) is 1.17.